The summed E-state index contributed by atoms with van der Waals surface area (Å²) in [6.45, 7) is 2.81. The van der Waals surface area contributed by atoms with Crippen molar-refractivity contribution in [3.8, 4) is 5.75 Å². The quantitative estimate of drug-likeness (QED) is 0.366. The van der Waals surface area contributed by atoms with Crippen molar-refractivity contribution in [3.63, 3.8) is 0 Å². The van der Waals surface area contributed by atoms with E-state index in [2.05, 4.69) is 20.2 Å². The molecule has 1 N–H and O–H groups in total. The maximum Gasteiger partial charge on any atom is 0.332 e. The first-order chi connectivity index (χ1) is 18.9. The summed E-state index contributed by atoms with van der Waals surface area (Å²) < 4.78 is 9.87. The third kappa shape index (κ3) is 5.22. The van der Waals surface area contributed by atoms with Crippen LogP contribution in [-0.2, 0) is 25.4 Å². The van der Waals surface area contributed by atoms with Gasteiger partial charge in [0.05, 0.1) is 25.2 Å². The van der Waals surface area contributed by atoms with Crippen LogP contribution in [0, 0.1) is 5.92 Å². The van der Waals surface area contributed by atoms with Gasteiger partial charge in [0.2, 0.25) is 5.91 Å². The van der Waals surface area contributed by atoms with Crippen LogP contribution in [0.1, 0.15) is 30.1 Å². The van der Waals surface area contributed by atoms with Crippen molar-refractivity contribution in [2.24, 2.45) is 20.0 Å². The normalized spacial score (nSPS) is 15.4. The predicted octanol–water partition coefficient (Wildman–Crippen LogP) is 1.46. The van der Waals surface area contributed by atoms with Crippen LogP contribution in [-0.4, -0.2) is 61.2 Å². The molecule has 1 saturated heterocycles. The van der Waals surface area contributed by atoms with Gasteiger partial charge in [-0.05, 0) is 44.1 Å². The molecule has 0 spiro atoms. The summed E-state index contributed by atoms with van der Waals surface area (Å²) in [6, 6.07) is 12.9. The minimum absolute atomic E-state index is 0.00114. The number of aromatic nitrogens is 5. The van der Waals surface area contributed by atoms with Crippen molar-refractivity contribution < 1.29 is 9.53 Å². The lowest BCUT2D eigenvalue weighted by atomic mass is 9.94. The molecule has 1 aromatic carbocycles. The molecule has 1 atom stereocenters. The molecule has 0 bridgehead atoms. The lowest BCUT2D eigenvalue weighted by Crippen LogP contribution is -2.43. The summed E-state index contributed by atoms with van der Waals surface area (Å²) in [6.07, 6.45) is 4.80. The molecular formula is C28H33N7O4. The first-order valence-corrected chi connectivity index (χ1v) is 13.1. The van der Waals surface area contributed by atoms with E-state index in [0.29, 0.717) is 30.0 Å². The van der Waals surface area contributed by atoms with E-state index in [0.717, 1.165) is 41.8 Å². The molecule has 11 nitrogen and oxygen atoms in total. The number of hydrogen-bond acceptors (Lipinski definition) is 7. The van der Waals surface area contributed by atoms with Crippen LogP contribution in [0.25, 0.3) is 11.2 Å². The number of nitrogens with one attached hydrogen (secondary N) is 1. The highest BCUT2D eigenvalue weighted by Crippen LogP contribution is 2.30. The van der Waals surface area contributed by atoms with Gasteiger partial charge in [0, 0.05) is 44.9 Å². The van der Waals surface area contributed by atoms with E-state index in [-0.39, 0.29) is 17.4 Å². The van der Waals surface area contributed by atoms with Gasteiger partial charge in [-0.15, -0.1) is 0 Å². The molecule has 5 rings (SSSR count). The molecular weight excluding hydrogens is 498 g/mol. The number of carbonyl (C=O) groups is 1. The number of aryl methyl sites for hydroxylation is 1. The largest absolute Gasteiger partial charge is 0.496 e. The smallest absolute Gasteiger partial charge is 0.332 e. The Kier molecular flexibility index (Phi) is 7.60. The van der Waals surface area contributed by atoms with Gasteiger partial charge < -0.3 is 19.5 Å². The Morgan fingerprint density at radius 2 is 1.77 bits per heavy atom. The number of ether oxygens (including phenoxy) is 1. The summed E-state index contributed by atoms with van der Waals surface area (Å²) in [5, 5.41) is 3.23. The highest BCUT2D eigenvalue weighted by Gasteiger charge is 2.29. The summed E-state index contributed by atoms with van der Waals surface area (Å²) >= 11 is 0. The lowest BCUT2D eigenvalue weighted by molar-refractivity contribution is -0.127. The zero-order chi connectivity index (χ0) is 27.5. The molecule has 0 aliphatic carbocycles. The van der Waals surface area contributed by atoms with E-state index >= 15 is 0 Å². The average Bonchev–Trinajstić information content (AvgIpc) is 3.41. The van der Waals surface area contributed by atoms with E-state index in [4.69, 9.17) is 4.74 Å². The fraction of sp³-hybridized carbons (Fsp3) is 0.393. The Hall–Kier alpha value is -4.25. The maximum absolute atomic E-state index is 13.4. The maximum atomic E-state index is 13.4. The molecule has 3 aromatic heterocycles. The molecule has 1 fully saturated rings. The van der Waals surface area contributed by atoms with Gasteiger partial charge in [-0.1, -0.05) is 24.3 Å². The molecule has 4 heterocycles. The van der Waals surface area contributed by atoms with Crippen LogP contribution in [0.5, 0.6) is 5.75 Å². The van der Waals surface area contributed by atoms with E-state index in [1.54, 1.807) is 31.2 Å². The number of nitrogens with zero attached hydrogens (tertiary/aromatic N) is 6. The van der Waals surface area contributed by atoms with Gasteiger partial charge in [-0.3, -0.25) is 23.7 Å². The number of methoxy groups -OCH3 is 1. The number of hydrogen-bond donors (Lipinski definition) is 1. The van der Waals surface area contributed by atoms with Crippen LogP contribution in [0.3, 0.4) is 0 Å². The van der Waals surface area contributed by atoms with Crippen molar-refractivity contribution >= 4 is 17.1 Å². The van der Waals surface area contributed by atoms with Crippen molar-refractivity contribution in [2.45, 2.75) is 25.4 Å². The van der Waals surface area contributed by atoms with Crippen molar-refractivity contribution in [1.29, 1.82) is 0 Å². The number of rotatable bonds is 8. The van der Waals surface area contributed by atoms with Crippen LogP contribution >= 0.6 is 0 Å². The Bertz CT molecular complexity index is 1580. The zero-order valence-electron chi connectivity index (χ0n) is 22.4. The number of piperidine rings is 1. The minimum Gasteiger partial charge on any atom is -0.496 e. The van der Waals surface area contributed by atoms with Crippen LogP contribution < -0.4 is 21.3 Å². The monoisotopic (exact) mass is 531 g/mol. The molecule has 0 saturated carbocycles. The second kappa shape index (κ2) is 11.2. The van der Waals surface area contributed by atoms with Gasteiger partial charge in [0.1, 0.15) is 5.75 Å². The number of likely N-dealkylation sites (tertiary alicyclic amines) is 1. The first kappa shape index (κ1) is 26.4. The van der Waals surface area contributed by atoms with Crippen LogP contribution in [0.4, 0.5) is 0 Å². The molecule has 1 unspecified atom stereocenters. The Labute approximate surface area is 225 Å². The van der Waals surface area contributed by atoms with Crippen molar-refractivity contribution in [1.82, 2.24) is 33.9 Å². The number of pyridine rings is 1. The summed E-state index contributed by atoms with van der Waals surface area (Å²) in [5.41, 5.74) is 1.68. The fourth-order valence-corrected chi connectivity index (χ4v) is 5.26. The highest BCUT2D eigenvalue weighted by molar-refractivity contribution is 5.79. The Morgan fingerprint density at radius 3 is 2.49 bits per heavy atom. The number of para-hydroxylation sites is 1. The second-order valence-electron chi connectivity index (χ2n) is 9.87. The van der Waals surface area contributed by atoms with Crippen LogP contribution in [0.15, 0.2) is 64.6 Å². The number of benzene rings is 1. The van der Waals surface area contributed by atoms with E-state index < -0.39 is 11.7 Å². The summed E-state index contributed by atoms with van der Waals surface area (Å²) in [5.74, 6) is 0.587. The molecule has 204 valence electrons. The standard InChI is InChI=1S/C28H33N7O4/c1-32-25-24(27(37)33(2)28(32)38)35(18-30-25)17-16-34-14-11-19(12-15-34)26(36)31-23(21-9-6-7-13-29-21)20-8-4-5-10-22(20)39-3/h4-10,13,18-19,23H,11-12,14-17H2,1-3H3,(H,31,36). The molecule has 39 heavy (non-hydrogen) atoms. The third-order valence-corrected chi connectivity index (χ3v) is 7.55. The molecule has 0 radical (unpaired) electrons. The summed E-state index contributed by atoms with van der Waals surface area (Å²) in [4.78, 5) is 49.4. The highest BCUT2D eigenvalue weighted by atomic mass is 16.5. The van der Waals surface area contributed by atoms with Gasteiger partial charge in [-0.25, -0.2) is 9.78 Å². The Balaban J connectivity index is 1.23. The number of imidazole rings is 1. The molecule has 4 aromatic rings. The van der Waals surface area contributed by atoms with E-state index in [1.165, 1.54) is 11.6 Å². The van der Waals surface area contributed by atoms with Gasteiger partial charge >= 0.3 is 5.69 Å². The van der Waals surface area contributed by atoms with Crippen molar-refractivity contribution in [3.05, 3.63) is 87.1 Å². The Morgan fingerprint density at radius 1 is 1.03 bits per heavy atom. The third-order valence-electron chi connectivity index (χ3n) is 7.55. The number of amides is 1. The molecule has 1 aliphatic heterocycles. The van der Waals surface area contributed by atoms with Gasteiger partial charge in [-0.2, -0.15) is 0 Å². The fourth-order valence-electron chi connectivity index (χ4n) is 5.26. The van der Waals surface area contributed by atoms with Gasteiger partial charge in [0.15, 0.2) is 11.2 Å². The summed E-state index contributed by atoms with van der Waals surface area (Å²) in [7, 11) is 4.71. The average molecular weight is 532 g/mol. The number of carbonyl (C=O) groups excluding carboxylic acids is 1. The molecule has 1 aliphatic rings. The lowest BCUT2D eigenvalue weighted by Gasteiger charge is -2.32. The zero-order valence-corrected chi connectivity index (χ0v) is 22.4. The topological polar surface area (TPSA) is 116 Å². The second-order valence-corrected chi connectivity index (χ2v) is 9.87. The predicted molar refractivity (Wildman–Crippen MR) is 147 cm³/mol. The van der Waals surface area contributed by atoms with Gasteiger partial charge in [0.25, 0.3) is 5.56 Å². The minimum atomic E-state index is -0.416. The SMILES string of the molecule is COc1ccccc1C(NC(=O)C1CCN(CCn2cnc3c2c(=O)n(C)c(=O)n3C)CC1)c1ccccn1. The van der Waals surface area contributed by atoms with Crippen LogP contribution in [0.2, 0.25) is 0 Å². The first-order valence-electron chi connectivity index (χ1n) is 13.1. The molecule has 11 heteroatoms. The number of fused-ring (bicyclic) bond motifs is 1. The molecule has 1 amide bonds. The van der Waals surface area contributed by atoms with Crippen molar-refractivity contribution in [2.75, 3.05) is 26.7 Å². The van der Waals surface area contributed by atoms with E-state index in [9.17, 15) is 14.4 Å². The van der Waals surface area contributed by atoms with E-state index in [1.807, 2.05) is 42.5 Å².